The molecule has 0 aromatic carbocycles. The van der Waals surface area contributed by atoms with Gasteiger partial charge >= 0.3 is 0 Å². The Kier molecular flexibility index (Phi) is 4.74. The summed E-state index contributed by atoms with van der Waals surface area (Å²) in [5.74, 6) is 0.679. The molecule has 0 saturated carbocycles. The summed E-state index contributed by atoms with van der Waals surface area (Å²) in [7, 11) is 0. The number of amides is 1. The molecule has 0 spiro atoms. The van der Waals surface area contributed by atoms with E-state index in [1.54, 1.807) is 6.92 Å². The van der Waals surface area contributed by atoms with Gasteiger partial charge in [0.2, 0.25) is 5.91 Å². The molecule has 0 bridgehead atoms. The normalized spacial score (nSPS) is 23.1. The van der Waals surface area contributed by atoms with Crippen molar-refractivity contribution in [2.45, 2.75) is 51.7 Å². The van der Waals surface area contributed by atoms with Gasteiger partial charge in [-0.1, -0.05) is 0 Å². The maximum Gasteiger partial charge on any atom is 0.220 e. The van der Waals surface area contributed by atoms with Gasteiger partial charge in [0.05, 0.1) is 11.6 Å². The highest BCUT2D eigenvalue weighted by molar-refractivity contribution is 5.76. The quantitative estimate of drug-likeness (QED) is 0.647. The predicted octanol–water partition coefficient (Wildman–Crippen LogP) is 0.652. The summed E-state index contributed by atoms with van der Waals surface area (Å²) in [6, 6.07) is 0. The zero-order chi connectivity index (χ0) is 12.2. The number of carbonyl (C=O) groups is 1. The van der Waals surface area contributed by atoms with Crippen LogP contribution in [0.3, 0.4) is 0 Å². The maximum atomic E-state index is 11.7. The van der Waals surface area contributed by atoms with Gasteiger partial charge < -0.3 is 15.7 Å². The summed E-state index contributed by atoms with van der Waals surface area (Å²) in [5.41, 5.74) is -0.537. The molecule has 0 aromatic heterocycles. The van der Waals surface area contributed by atoms with Gasteiger partial charge in [0.15, 0.2) is 0 Å². The standard InChI is InChI=1S/C12H24N2O2/c1-9(15)12(2,3)14-11(16)5-4-10-6-7-13-8-10/h9-10,13,15H,4-8H2,1-3H3,(H,14,16). The Morgan fingerprint density at radius 1 is 1.62 bits per heavy atom. The SMILES string of the molecule is CC(O)C(C)(C)NC(=O)CCC1CCNC1. The van der Waals surface area contributed by atoms with Crippen LogP contribution >= 0.6 is 0 Å². The summed E-state index contributed by atoms with van der Waals surface area (Å²) >= 11 is 0. The first kappa shape index (κ1) is 13.5. The monoisotopic (exact) mass is 228 g/mol. The zero-order valence-electron chi connectivity index (χ0n) is 10.5. The molecule has 4 heteroatoms. The second kappa shape index (κ2) is 5.64. The number of carbonyl (C=O) groups excluding carboxylic acids is 1. The molecule has 0 aliphatic carbocycles. The average Bonchev–Trinajstić information content (AvgIpc) is 2.66. The molecule has 1 rings (SSSR count). The summed E-state index contributed by atoms with van der Waals surface area (Å²) < 4.78 is 0. The zero-order valence-corrected chi connectivity index (χ0v) is 10.5. The van der Waals surface area contributed by atoms with Crippen LogP contribution in [0.1, 0.15) is 40.0 Å². The molecule has 16 heavy (non-hydrogen) atoms. The lowest BCUT2D eigenvalue weighted by atomic mass is 9.97. The van der Waals surface area contributed by atoms with Crippen molar-refractivity contribution < 1.29 is 9.90 Å². The van der Waals surface area contributed by atoms with Crippen LogP contribution in [0.4, 0.5) is 0 Å². The minimum absolute atomic E-state index is 0.0396. The highest BCUT2D eigenvalue weighted by atomic mass is 16.3. The van der Waals surface area contributed by atoms with Crippen LogP contribution in [0.2, 0.25) is 0 Å². The van der Waals surface area contributed by atoms with Crippen molar-refractivity contribution in [2.75, 3.05) is 13.1 Å². The molecule has 4 nitrogen and oxygen atoms in total. The second-order valence-corrected chi connectivity index (χ2v) is 5.34. The molecule has 0 radical (unpaired) electrons. The van der Waals surface area contributed by atoms with E-state index in [-0.39, 0.29) is 5.91 Å². The van der Waals surface area contributed by atoms with Crippen molar-refractivity contribution in [3.63, 3.8) is 0 Å². The number of hydrogen-bond donors (Lipinski definition) is 3. The van der Waals surface area contributed by atoms with Gasteiger partial charge in [-0.3, -0.25) is 4.79 Å². The van der Waals surface area contributed by atoms with E-state index in [0.29, 0.717) is 12.3 Å². The first-order chi connectivity index (χ1) is 7.42. The molecular weight excluding hydrogens is 204 g/mol. The largest absolute Gasteiger partial charge is 0.391 e. The molecule has 1 amide bonds. The van der Waals surface area contributed by atoms with E-state index in [1.165, 1.54) is 6.42 Å². The Balaban J connectivity index is 2.24. The molecule has 2 unspecified atom stereocenters. The lowest BCUT2D eigenvalue weighted by Crippen LogP contribution is -2.51. The van der Waals surface area contributed by atoms with E-state index in [9.17, 15) is 9.90 Å². The molecule has 1 aliphatic rings. The van der Waals surface area contributed by atoms with E-state index >= 15 is 0 Å². The predicted molar refractivity (Wildman–Crippen MR) is 64.1 cm³/mol. The Morgan fingerprint density at radius 3 is 2.81 bits per heavy atom. The highest BCUT2D eigenvalue weighted by Crippen LogP contribution is 2.15. The fraction of sp³-hybridized carbons (Fsp3) is 0.917. The average molecular weight is 228 g/mol. The van der Waals surface area contributed by atoms with Crippen molar-refractivity contribution in [1.29, 1.82) is 0 Å². The number of rotatable bonds is 5. The summed E-state index contributed by atoms with van der Waals surface area (Å²) in [6.45, 7) is 7.49. The minimum Gasteiger partial charge on any atom is -0.391 e. The van der Waals surface area contributed by atoms with E-state index in [1.807, 2.05) is 13.8 Å². The Bertz CT molecular complexity index is 233. The topological polar surface area (TPSA) is 61.4 Å². The van der Waals surface area contributed by atoms with Gasteiger partial charge in [0, 0.05) is 6.42 Å². The molecule has 1 fully saturated rings. The molecule has 2 atom stereocenters. The van der Waals surface area contributed by atoms with Crippen LogP contribution in [0, 0.1) is 5.92 Å². The number of hydrogen-bond acceptors (Lipinski definition) is 3. The lowest BCUT2D eigenvalue weighted by Gasteiger charge is -2.29. The first-order valence-corrected chi connectivity index (χ1v) is 6.11. The van der Waals surface area contributed by atoms with Crippen molar-refractivity contribution in [3.8, 4) is 0 Å². The Labute approximate surface area is 97.8 Å². The number of aliphatic hydroxyl groups excluding tert-OH is 1. The van der Waals surface area contributed by atoms with E-state index < -0.39 is 11.6 Å². The van der Waals surface area contributed by atoms with Crippen molar-refractivity contribution >= 4 is 5.91 Å². The number of aliphatic hydroxyl groups is 1. The van der Waals surface area contributed by atoms with Crippen LogP contribution in [0.5, 0.6) is 0 Å². The summed E-state index contributed by atoms with van der Waals surface area (Å²) in [4.78, 5) is 11.7. The molecule has 1 aliphatic heterocycles. The second-order valence-electron chi connectivity index (χ2n) is 5.34. The minimum atomic E-state index is -0.537. The third-order valence-electron chi connectivity index (χ3n) is 3.45. The number of nitrogens with one attached hydrogen (secondary N) is 2. The van der Waals surface area contributed by atoms with Crippen LogP contribution in [-0.4, -0.2) is 35.7 Å². The molecule has 1 saturated heterocycles. The van der Waals surface area contributed by atoms with Crippen molar-refractivity contribution in [3.05, 3.63) is 0 Å². The first-order valence-electron chi connectivity index (χ1n) is 6.11. The third-order valence-corrected chi connectivity index (χ3v) is 3.45. The van der Waals surface area contributed by atoms with E-state index in [0.717, 1.165) is 19.5 Å². The van der Waals surface area contributed by atoms with Gasteiger partial charge in [-0.25, -0.2) is 0 Å². The van der Waals surface area contributed by atoms with Crippen LogP contribution in [0.25, 0.3) is 0 Å². The van der Waals surface area contributed by atoms with Crippen LogP contribution < -0.4 is 10.6 Å². The Morgan fingerprint density at radius 2 is 2.31 bits per heavy atom. The molecular formula is C12H24N2O2. The van der Waals surface area contributed by atoms with Gasteiger partial charge in [-0.05, 0) is 52.6 Å². The van der Waals surface area contributed by atoms with Gasteiger partial charge in [0.25, 0.3) is 0 Å². The molecule has 94 valence electrons. The van der Waals surface area contributed by atoms with Gasteiger partial charge in [0.1, 0.15) is 0 Å². The van der Waals surface area contributed by atoms with Gasteiger partial charge in [-0.15, -0.1) is 0 Å². The molecule has 0 aromatic rings. The Hall–Kier alpha value is -0.610. The third kappa shape index (κ3) is 4.10. The fourth-order valence-corrected chi connectivity index (χ4v) is 1.82. The smallest absolute Gasteiger partial charge is 0.220 e. The summed E-state index contributed by atoms with van der Waals surface area (Å²) in [5, 5.41) is 15.6. The fourth-order valence-electron chi connectivity index (χ4n) is 1.82. The maximum absolute atomic E-state index is 11.7. The van der Waals surface area contributed by atoms with Crippen LogP contribution in [-0.2, 0) is 4.79 Å². The highest BCUT2D eigenvalue weighted by Gasteiger charge is 2.26. The lowest BCUT2D eigenvalue weighted by molar-refractivity contribution is -0.124. The van der Waals surface area contributed by atoms with Crippen molar-refractivity contribution in [2.24, 2.45) is 5.92 Å². The van der Waals surface area contributed by atoms with Crippen LogP contribution in [0.15, 0.2) is 0 Å². The van der Waals surface area contributed by atoms with E-state index in [2.05, 4.69) is 10.6 Å². The molecule has 1 heterocycles. The van der Waals surface area contributed by atoms with Gasteiger partial charge in [-0.2, -0.15) is 0 Å². The molecule has 3 N–H and O–H groups in total. The summed E-state index contributed by atoms with van der Waals surface area (Å²) in [6.07, 6.45) is 2.13. The van der Waals surface area contributed by atoms with Crippen molar-refractivity contribution in [1.82, 2.24) is 10.6 Å². The van der Waals surface area contributed by atoms with E-state index in [4.69, 9.17) is 0 Å².